The molecule has 19 heavy (non-hydrogen) atoms. The van der Waals surface area contributed by atoms with Gasteiger partial charge in [-0.25, -0.2) is 4.98 Å². The SMILES string of the molecule is CC(O)c1cccnc1N(C)Cc1ccccc1Br. The van der Waals surface area contributed by atoms with E-state index in [0.717, 1.165) is 22.4 Å². The van der Waals surface area contributed by atoms with Crippen LogP contribution >= 0.6 is 15.9 Å². The van der Waals surface area contributed by atoms with Gasteiger partial charge >= 0.3 is 0 Å². The van der Waals surface area contributed by atoms with Crippen molar-refractivity contribution in [3.8, 4) is 0 Å². The minimum atomic E-state index is -0.523. The van der Waals surface area contributed by atoms with Crippen molar-refractivity contribution in [3.05, 3.63) is 58.2 Å². The van der Waals surface area contributed by atoms with Gasteiger partial charge in [-0.1, -0.05) is 40.2 Å². The Kier molecular flexibility index (Phi) is 4.56. The van der Waals surface area contributed by atoms with Crippen LogP contribution in [0.3, 0.4) is 0 Å². The highest BCUT2D eigenvalue weighted by Gasteiger charge is 2.13. The van der Waals surface area contributed by atoms with Crippen LogP contribution in [0.4, 0.5) is 5.82 Å². The zero-order valence-corrected chi connectivity index (χ0v) is 12.6. The summed E-state index contributed by atoms with van der Waals surface area (Å²) in [7, 11) is 1.98. The van der Waals surface area contributed by atoms with Crippen LogP contribution in [0.25, 0.3) is 0 Å². The molecule has 0 aliphatic heterocycles. The summed E-state index contributed by atoms with van der Waals surface area (Å²) in [6.45, 7) is 2.49. The monoisotopic (exact) mass is 320 g/mol. The van der Waals surface area contributed by atoms with E-state index in [9.17, 15) is 5.11 Å². The third-order valence-electron chi connectivity index (χ3n) is 2.99. The van der Waals surface area contributed by atoms with Gasteiger partial charge in [0, 0.05) is 29.8 Å². The molecule has 1 N–H and O–H groups in total. The lowest BCUT2D eigenvalue weighted by Crippen LogP contribution is -2.20. The maximum atomic E-state index is 9.80. The molecule has 1 heterocycles. The Balaban J connectivity index is 2.26. The Morgan fingerprint density at radius 1 is 1.26 bits per heavy atom. The molecule has 0 amide bonds. The van der Waals surface area contributed by atoms with Crippen molar-refractivity contribution in [2.24, 2.45) is 0 Å². The van der Waals surface area contributed by atoms with Gasteiger partial charge in [-0.2, -0.15) is 0 Å². The van der Waals surface area contributed by atoms with Crippen LogP contribution in [-0.4, -0.2) is 17.1 Å². The fourth-order valence-corrected chi connectivity index (χ4v) is 2.42. The number of halogens is 1. The fourth-order valence-electron chi connectivity index (χ4n) is 2.01. The summed E-state index contributed by atoms with van der Waals surface area (Å²) in [5.41, 5.74) is 2.03. The van der Waals surface area contributed by atoms with Crippen LogP contribution < -0.4 is 4.90 Å². The maximum Gasteiger partial charge on any atom is 0.134 e. The van der Waals surface area contributed by atoms with E-state index in [1.807, 2.05) is 42.3 Å². The summed E-state index contributed by atoms with van der Waals surface area (Å²) >= 11 is 3.55. The molecule has 4 heteroatoms. The molecule has 0 bridgehead atoms. The summed E-state index contributed by atoms with van der Waals surface area (Å²) in [5, 5.41) is 9.80. The molecule has 0 radical (unpaired) electrons. The van der Waals surface area contributed by atoms with Gasteiger partial charge < -0.3 is 10.0 Å². The number of hydrogen-bond acceptors (Lipinski definition) is 3. The van der Waals surface area contributed by atoms with Gasteiger partial charge in [-0.15, -0.1) is 0 Å². The summed E-state index contributed by atoms with van der Waals surface area (Å²) in [6, 6.07) is 11.9. The molecule has 0 saturated heterocycles. The zero-order chi connectivity index (χ0) is 13.8. The zero-order valence-electron chi connectivity index (χ0n) is 11.0. The lowest BCUT2D eigenvalue weighted by molar-refractivity contribution is 0.199. The number of aromatic nitrogens is 1. The van der Waals surface area contributed by atoms with Crippen molar-refractivity contribution < 1.29 is 5.11 Å². The number of rotatable bonds is 4. The highest BCUT2D eigenvalue weighted by atomic mass is 79.9. The van der Waals surface area contributed by atoms with Gasteiger partial charge in [-0.3, -0.25) is 0 Å². The fraction of sp³-hybridized carbons (Fsp3) is 0.267. The number of benzene rings is 1. The molecule has 2 rings (SSSR count). The molecular formula is C15H17BrN2O. The Hall–Kier alpha value is -1.39. The van der Waals surface area contributed by atoms with Gasteiger partial charge in [0.25, 0.3) is 0 Å². The van der Waals surface area contributed by atoms with Crippen LogP contribution in [0.2, 0.25) is 0 Å². The van der Waals surface area contributed by atoms with E-state index < -0.39 is 6.10 Å². The highest BCUT2D eigenvalue weighted by Crippen LogP contribution is 2.25. The third-order valence-corrected chi connectivity index (χ3v) is 3.77. The molecule has 2 aromatic rings. The molecule has 1 atom stereocenters. The number of nitrogens with zero attached hydrogens (tertiary/aromatic N) is 2. The minimum Gasteiger partial charge on any atom is -0.389 e. The van der Waals surface area contributed by atoms with Gasteiger partial charge in [0.1, 0.15) is 5.82 Å². The normalized spacial score (nSPS) is 12.2. The molecule has 1 aromatic heterocycles. The molecule has 1 unspecified atom stereocenters. The molecule has 0 spiro atoms. The first-order valence-corrected chi connectivity index (χ1v) is 6.96. The predicted octanol–water partition coefficient (Wildman–Crippen LogP) is 3.53. The maximum absolute atomic E-state index is 9.80. The molecule has 1 aromatic carbocycles. The molecular weight excluding hydrogens is 304 g/mol. The largest absolute Gasteiger partial charge is 0.389 e. The summed E-state index contributed by atoms with van der Waals surface area (Å²) in [4.78, 5) is 6.42. The van der Waals surface area contributed by atoms with E-state index in [1.165, 1.54) is 5.56 Å². The molecule has 0 saturated carbocycles. The van der Waals surface area contributed by atoms with E-state index in [1.54, 1.807) is 13.1 Å². The molecule has 100 valence electrons. The second-order valence-electron chi connectivity index (χ2n) is 4.54. The van der Waals surface area contributed by atoms with Crippen molar-refractivity contribution in [3.63, 3.8) is 0 Å². The number of hydrogen-bond donors (Lipinski definition) is 1. The lowest BCUT2D eigenvalue weighted by Gasteiger charge is -2.22. The standard InChI is InChI=1S/C15H17BrN2O/c1-11(19)13-7-5-9-17-15(13)18(2)10-12-6-3-4-8-14(12)16/h3-9,11,19H,10H2,1-2H3. The molecule has 0 aliphatic rings. The Labute approximate surface area is 122 Å². The van der Waals surface area contributed by atoms with E-state index in [2.05, 4.69) is 27.0 Å². The topological polar surface area (TPSA) is 36.4 Å². The number of anilines is 1. The van der Waals surface area contributed by atoms with Crippen LogP contribution in [0.1, 0.15) is 24.2 Å². The predicted molar refractivity (Wildman–Crippen MR) is 81.1 cm³/mol. The van der Waals surface area contributed by atoms with Crippen molar-refractivity contribution in [1.82, 2.24) is 4.98 Å². The van der Waals surface area contributed by atoms with E-state index >= 15 is 0 Å². The summed E-state index contributed by atoms with van der Waals surface area (Å²) in [6.07, 6.45) is 1.22. The van der Waals surface area contributed by atoms with Crippen LogP contribution in [0.15, 0.2) is 47.1 Å². The first-order chi connectivity index (χ1) is 9.09. The van der Waals surface area contributed by atoms with Crippen molar-refractivity contribution in [2.45, 2.75) is 19.6 Å². The number of aliphatic hydroxyl groups is 1. The van der Waals surface area contributed by atoms with E-state index in [-0.39, 0.29) is 0 Å². The minimum absolute atomic E-state index is 0.523. The van der Waals surface area contributed by atoms with Gasteiger partial charge in [-0.05, 0) is 24.6 Å². The first-order valence-electron chi connectivity index (χ1n) is 6.17. The second kappa shape index (κ2) is 6.17. The summed E-state index contributed by atoms with van der Waals surface area (Å²) in [5.74, 6) is 0.813. The Bertz CT molecular complexity index is 557. The third kappa shape index (κ3) is 3.33. The quantitative estimate of drug-likeness (QED) is 0.936. The van der Waals surface area contributed by atoms with Crippen molar-refractivity contribution >= 4 is 21.7 Å². The smallest absolute Gasteiger partial charge is 0.134 e. The van der Waals surface area contributed by atoms with Crippen molar-refractivity contribution in [1.29, 1.82) is 0 Å². The van der Waals surface area contributed by atoms with Gasteiger partial charge in [0.15, 0.2) is 0 Å². The summed E-state index contributed by atoms with van der Waals surface area (Å²) < 4.78 is 1.08. The van der Waals surface area contributed by atoms with Gasteiger partial charge in [0.05, 0.1) is 6.10 Å². The first kappa shape index (κ1) is 14.0. The highest BCUT2D eigenvalue weighted by molar-refractivity contribution is 9.10. The van der Waals surface area contributed by atoms with Crippen LogP contribution in [0.5, 0.6) is 0 Å². The molecule has 3 nitrogen and oxygen atoms in total. The number of aliphatic hydroxyl groups excluding tert-OH is 1. The van der Waals surface area contributed by atoms with E-state index in [0.29, 0.717) is 0 Å². The number of pyridine rings is 1. The second-order valence-corrected chi connectivity index (χ2v) is 5.39. The van der Waals surface area contributed by atoms with Gasteiger partial charge in [0.2, 0.25) is 0 Å². The molecule has 0 aliphatic carbocycles. The average molecular weight is 321 g/mol. The average Bonchev–Trinajstić information content (AvgIpc) is 2.41. The Morgan fingerprint density at radius 3 is 2.68 bits per heavy atom. The molecule has 0 fully saturated rings. The Morgan fingerprint density at radius 2 is 2.00 bits per heavy atom. The van der Waals surface area contributed by atoms with Crippen LogP contribution in [-0.2, 0) is 6.54 Å². The van der Waals surface area contributed by atoms with Crippen molar-refractivity contribution in [2.75, 3.05) is 11.9 Å². The lowest BCUT2D eigenvalue weighted by atomic mass is 10.1. The van der Waals surface area contributed by atoms with E-state index in [4.69, 9.17) is 0 Å². The van der Waals surface area contributed by atoms with Crippen LogP contribution in [0, 0.1) is 0 Å².